The van der Waals surface area contributed by atoms with Crippen LogP contribution in [0.2, 0.25) is 10.0 Å². The molecule has 0 heterocycles. The molecular formula is C28H22Cl2FN3O4S. The Labute approximate surface area is 235 Å². The molecule has 0 atom stereocenters. The van der Waals surface area contributed by atoms with Crippen LogP contribution < -0.4 is 10.2 Å². The molecule has 0 saturated heterocycles. The number of halogens is 3. The van der Waals surface area contributed by atoms with Crippen LogP contribution in [0.1, 0.15) is 11.1 Å². The summed E-state index contributed by atoms with van der Waals surface area (Å²) in [6.07, 6.45) is 1.39. The van der Waals surface area contributed by atoms with E-state index in [1.807, 2.05) is 30.3 Å². The quantitative estimate of drug-likeness (QED) is 0.175. The molecule has 0 spiro atoms. The lowest BCUT2D eigenvalue weighted by atomic mass is 10.2. The Kier molecular flexibility index (Phi) is 9.32. The molecule has 11 heteroatoms. The highest BCUT2D eigenvalue weighted by molar-refractivity contribution is 7.89. The van der Waals surface area contributed by atoms with Gasteiger partial charge < -0.3 is 4.74 Å². The second-order valence-electron chi connectivity index (χ2n) is 8.21. The molecule has 39 heavy (non-hydrogen) atoms. The number of carbonyl (C=O) groups is 1. The second-order valence-corrected chi connectivity index (χ2v) is 11.0. The van der Waals surface area contributed by atoms with Crippen molar-refractivity contribution in [1.29, 1.82) is 0 Å². The monoisotopic (exact) mass is 585 g/mol. The lowest BCUT2D eigenvalue weighted by Crippen LogP contribution is -2.39. The van der Waals surface area contributed by atoms with Gasteiger partial charge in [-0.2, -0.15) is 9.41 Å². The second kappa shape index (κ2) is 12.9. The molecule has 1 amide bonds. The smallest absolute Gasteiger partial charge is 0.255 e. The predicted octanol–water partition coefficient (Wildman–Crippen LogP) is 6.27. The summed E-state index contributed by atoms with van der Waals surface area (Å²) in [7, 11) is -4.24. The number of nitrogens with one attached hydrogen (secondary N) is 1. The highest BCUT2D eigenvalue weighted by atomic mass is 35.5. The topological polar surface area (TPSA) is 88.1 Å². The summed E-state index contributed by atoms with van der Waals surface area (Å²) >= 11 is 12.0. The van der Waals surface area contributed by atoms with E-state index in [9.17, 15) is 17.6 Å². The molecule has 7 nitrogen and oxygen atoms in total. The summed E-state index contributed by atoms with van der Waals surface area (Å²) in [5, 5.41) is 4.30. The standard InChI is InChI=1S/C28H22Cl2FN3O4S/c29-21-12-14-24(15-13-21)39(36,37)34(18-25-26(30)10-5-11-27(25)31)19-28(35)33-32-17-20-6-4-9-23(16-20)38-22-7-2-1-3-8-22/h1-17H,18-19H2,(H,33,35)/b32-17+. The Hall–Kier alpha value is -3.76. The van der Waals surface area contributed by atoms with Crippen LogP contribution in [0.15, 0.2) is 107 Å². The van der Waals surface area contributed by atoms with Crippen molar-refractivity contribution >= 4 is 45.3 Å². The van der Waals surface area contributed by atoms with Crippen molar-refractivity contribution in [3.63, 3.8) is 0 Å². The summed E-state index contributed by atoms with van der Waals surface area (Å²) in [6, 6.07) is 25.7. The van der Waals surface area contributed by atoms with Crippen LogP contribution in [0.3, 0.4) is 0 Å². The maximum absolute atomic E-state index is 14.5. The van der Waals surface area contributed by atoms with Gasteiger partial charge in [0.25, 0.3) is 5.91 Å². The Balaban J connectivity index is 1.49. The normalized spacial score (nSPS) is 11.6. The fourth-order valence-corrected chi connectivity index (χ4v) is 5.21. The van der Waals surface area contributed by atoms with Gasteiger partial charge in [0.15, 0.2) is 0 Å². The zero-order valence-electron chi connectivity index (χ0n) is 20.3. The van der Waals surface area contributed by atoms with Crippen molar-refractivity contribution in [2.75, 3.05) is 6.54 Å². The molecule has 4 aromatic carbocycles. The van der Waals surface area contributed by atoms with Gasteiger partial charge in [0, 0.05) is 22.2 Å². The van der Waals surface area contributed by atoms with Crippen LogP contribution in [0.5, 0.6) is 11.5 Å². The highest BCUT2D eigenvalue weighted by Gasteiger charge is 2.28. The van der Waals surface area contributed by atoms with E-state index in [1.54, 1.807) is 24.3 Å². The first-order valence-corrected chi connectivity index (χ1v) is 13.8. The van der Waals surface area contributed by atoms with Gasteiger partial charge in [-0.3, -0.25) is 4.79 Å². The van der Waals surface area contributed by atoms with Crippen molar-refractivity contribution in [3.8, 4) is 11.5 Å². The van der Waals surface area contributed by atoms with E-state index in [1.165, 1.54) is 42.6 Å². The minimum absolute atomic E-state index is 0.0299. The molecule has 0 aliphatic rings. The van der Waals surface area contributed by atoms with Crippen molar-refractivity contribution in [3.05, 3.63) is 124 Å². The number of hydrogen-bond acceptors (Lipinski definition) is 5. The van der Waals surface area contributed by atoms with E-state index in [4.69, 9.17) is 27.9 Å². The van der Waals surface area contributed by atoms with Gasteiger partial charge in [-0.1, -0.05) is 59.6 Å². The summed E-state index contributed by atoms with van der Waals surface area (Å²) in [5.41, 5.74) is 2.88. The Morgan fingerprint density at radius 3 is 2.33 bits per heavy atom. The molecule has 200 valence electrons. The molecule has 0 aliphatic carbocycles. The van der Waals surface area contributed by atoms with Crippen LogP contribution in [-0.2, 0) is 21.4 Å². The summed E-state index contributed by atoms with van der Waals surface area (Å²) in [4.78, 5) is 12.6. The third kappa shape index (κ3) is 7.64. The zero-order valence-corrected chi connectivity index (χ0v) is 22.6. The predicted molar refractivity (Wildman–Crippen MR) is 149 cm³/mol. The van der Waals surface area contributed by atoms with Crippen molar-refractivity contribution < 1.29 is 22.3 Å². The van der Waals surface area contributed by atoms with Crippen LogP contribution in [-0.4, -0.2) is 31.4 Å². The lowest BCUT2D eigenvalue weighted by molar-refractivity contribution is -0.121. The molecule has 4 rings (SSSR count). The first kappa shape index (κ1) is 28.3. The number of amides is 1. The molecule has 0 unspecified atom stereocenters. The van der Waals surface area contributed by atoms with Gasteiger partial charge in [-0.25, -0.2) is 18.2 Å². The van der Waals surface area contributed by atoms with Crippen LogP contribution in [0.25, 0.3) is 0 Å². The van der Waals surface area contributed by atoms with Gasteiger partial charge >= 0.3 is 0 Å². The van der Waals surface area contributed by atoms with Gasteiger partial charge in [0.2, 0.25) is 10.0 Å². The number of hydrogen-bond donors (Lipinski definition) is 1. The largest absolute Gasteiger partial charge is 0.457 e. The summed E-state index contributed by atoms with van der Waals surface area (Å²) < 4.78 is 47.9. The maximum atomic E-state index is 14.5. The van der Waals surface area contributed by atoms with Gasteiger partial charge in [0.1, 0.15) is 17.3 Å². The van der Waals surface area contributed by atoms with E-state index in [0.29, 0.717) is 22.1 Å². The first-order valence-electron chi connectivity index (χ1n) is 11.6. The molecule has 0 saturated carbocycles. The zero-order chi connectivity index (χ0) is 27.8. The average Bonchev–Trinajstić information content (AvgIpc) is 2.91. The van der Waals surface area contributed by atoms with Gasteiger partial charge in [-0.05, 0) is 66.2 Å². The van der Waals surface area contributed by atoms with Crippen molar-refractivity contribution in [2.24, 2.45) is 5.10 Å². The van der Waals surface area contributed by atoms with E-state index < -0.39 is 34.8 Å². The van der Waals surface area contributed by atoms with Gasteiger partial charge in [0.05, 0.1) is 17.7 Å². The molecule has 0 aliphatic heterocycles. The van der Waals surface area contributed by atoms with E-state index >= 15 is 0 Å². The SMILES string of the molecule is O=C(CN(Cc1c(F)cccc1Cl)S(=O)(=O)c1ccc(Cl)cc1)N/N=C/c1cccc(Oc2ccccc2)c1. The van der Waals surface area contributed by atoms with Crippen molar-refractivity contribution in [1.82, 2.24) is 9.73 Å². The molecule has 0 aromatic heterocycles. The number of ether oxygens (including phenoxy) is 1. The first-order chi connectivity index (χ1) is 18.7. The molecule has 0 fully saturated rings. The van der Waals surface area contributed by atoms with Crippen LogP contribution in [0.4, 0.5) is 4.39 Å². The van der Waals surface area contributed by atoms with Crippen LogP contribution in [0, 0.1) is 5.82 Å². The van der Waals surface area contributed by atoms with Crippen LogP contribution >= 0.6 is 23.2 Å². The van der Waals surface area contributed by atoms with Gasteiger partial charge in [-0.15, -0.1) is 0 Å². The fourth-order valence-electron chi connectivity index (χ4n) is 3.50. The lowest BCUT2D eigenvalue weighted by Gasteiger charge is -2.22. The number of para-hydroxylation sites is 1. The Morgan fingerprint density at radius 1 is 0.923 bits per heavy atom. The van der Waals surface area contributed by atoms with E-state index in [-0.39, 0.29) is 15.5 Å². The number of benzene rings is 4. The fraction of sp³-hybridized carbons (Fsp3) is 0.0714. The highest BCUT2D eigenvalue weighted by Crippen LogP contribution is 2.25. The number of nitrogens with zero attached hydrogens (tertiary/aromatic N) is 2. The third-order valence-corrected chi connectivity index (χ3v) is 7.82. The molecule has 0 radical (unpaired) electrons. The number of sulfonamides is 1. The summed E-state index contributed by atoms with van der Waals surface area (Å²) in [6.45, 7) is -1.13. The molecular weight excluding hydrogens is 564 g/mol. The Bertz CT molecular complexity index is 1560. The third-order valence-electron chi connectivity index (χ3n) is 5.41. The molecule has 4 aromatic rings. The summed E-state index contributed by atoms with van der Waals surface area (Å²) in [5.74, 6) is -0.210. The maximum Gasteiger partial charge on any atom is 0.255 e. The number of carbonyl (C=O) groups excluding carboxylic acids is 1. The Morgan fingerprint density at radius 2 is 1.62 bits per heavy atom. The molecule has 0 bridgehead atoms. The van der Waals surface area contributed by atoms with E-state index in [0.717, 1.165) is 10.4 Å². The van der Waals surface area contributed by atoms with E-state index in [2.05, 4.69) is 10.5 Å². The van der Waals surface area contributed by atoms with Crippen molar-refractivity contribution in [2.45, 2.75) is 11.4 Å². The molecule has 1 N–H and O–H groups in total. The number of hydrazone groups is 1. The minimum Gasteiger partial charge on any atom is -0.457 e. The minimum atomic E-state index is -4.24. The average molecular weight is 586 g/mol. The number of rotatable bonds is 10.